The van der Waals surface area contributed by atoms with Crippen molar-refractivity contribution >= 4 is 23.4 Å². The van der Waals surface area contributed by atoms with Gasteiger partial charge in [0.25, 0.3) is 5.91 Å². The highest BCUT2D eigenvalue weighted by Gasteiger charge is 2.21. The van der Waals surface area contributed by atoms with E-state index in [1.165, 1.54) is 4.90 Å². The van der Waals surface area contributed by atoms with Crippen LogP contribution in [0.2, 0.25) is 0 Å². The molecule has 0 N–H and O–H groups in total. The molecule has 0 bridgehead atoms. The van der Waals surface area contributed by atoms with E-state index < -0.39 is 0 Å². The topological polar surface area (TPSA) is 60.9 Å². The largest absolute Gasteiger partial charge is 0.342 e. The number of carbonyl (C=O) groups is 3. The molecule has 6 heteroatoms. The predicted molar refractivity (Wildman–Crippen MR) is 97.5 cm³/mol. The number of nitrogens with zero attached hydrogens (tertiary/aromatic N) is 3. The zero-order chi connectivity index (χ0) is 18.4. The van der Waals surface area contributed by atoms with Crippen LogP contribution >= 0.6 is 0 Å². The third-order valence-electron chi connectivity index (χ3n) is 4.58. The van der Waals surface area contributed by atoms with E-state index in [1.54, 1.807) is 41.1 Å². The summed E-state index contributed by atoms with van der Waals surface area (Å²) in [6, 6.07) is 7.04. The van der Waals surface area contributed by atoms with Crippen LogP contribution in [0.4, 0.5) is 5.69 Å². The van der Waals surface area contributed by atoms with Gasteiger partial charge >= 0.3 is 0 Å². The first kappa shape index (κ1) is 19.0. The smallest absolute Gasteiger partial charge is 0.254 e. The first-order valence-electron chi connectivity index (χ1n) is 8.91. The van der Waals surface area contributed by atoms with Gasteiger partial charge in [0.2, 0.25) is 11.8 Å². The Morgan fingerprint density at radius 3 is 2.28 bits per heavy atom. The summed E-state index contributed by atoms with van der Waals surface area (Å²) in [6.07, 6.45) is 2.52. The molecule has 1 heterocycles. The van der Waals surface area contributed by atoms with E-state index in [0.29, 0.717) is 25.1 Å². The van der Waals surface area contributed by atoms with Crippen LogP contribution in [0.5, 0.6) is 0 Å². The summed E-state index contributed by atoms with van der Waals surface area (Å²) >= 11 is 0. The molecule has 6 nitrogen and oxygen atoms in total. The minimum Gasteiger partial charge on any atom is -0.342 e. The van der Waals surface area contributed by atoms with Crippen molar-refractivity contribution in [1.82, 2.24) is 9.80 Å². The zero-order valence-electron chi connectivity index (χ0n) is 15.3. The molecular weight excluding hydrogens is 318 g/mol. The lowest BCUT2D eigenvalue weighted by Crippen LogP contribution is -2.41. The van der Waals surface area contributed by atoms with Gasteiger partial charge in [0.05, 0.1) is 6.54 Å². The Kier molecular flexibility index (Phi) is 6.56. The van der Waals surface area contributed by atoms with Crippen LogP contribution in [-0.4, -0.2) is 60.7 Å². The Labute approximate surface area is 149 Å². The zero-order valence-corrected chi connectivity index (χ0v) is 15.3. The van der Waals surface area contributed by atoms with Crippen LogP contribution < -0.4 is 4.90 Å². The Balaban J connectivity index is 2.02. The van der Waals surface area contributed by atoms with Gasteiger partial charge in [-0.15, -0.1) is 0 Å². The van der Waals surface area contributed by atoms with Gasteiger partial charge in [0.15, 0.2) is 0 Å². The Hall–Kier alpha value is -2.37. The quantitative estimate of drug-likeness (QED) is 0.794. The molecular formula is C19H27N3O3. The van der Waals surface area contributed by atoms with E-state index in [1.807, 2.05) is 13.8 Å². The average molecular weight is 345 g/mol. The molecule has 3 amide bonds. The molecule has 0 aromatic heterocycles. The molecule has 1 aromatic carbocycles. The highest BCUT2D eigenvalue weighted by Crippen LogP contribution is 2.21. The van der Waals surface area contributed by atoms with E-state index in [2.05, 4.69) is 0 Å². The minimum absolute atomic E-state index is 0.0589. The summed E-state index contributed by atoms with van der Waals surface area (Å²) in [4.78, 5) is 41.5. The van der Waals surface area contributed by atoms with Crippen molar-refractivity contribution in [3.8, 4) is 0 Å². The number of amides is 3. The van der Waals surface area contributed by atoms with Gasteiger partial charge in [-0.25, -0.2) is 0 Å². The standard InChI is InChI=1S/C19H27N3O3/c1-4-21(5-2)18(24)14-20(3)19(25)15-9-11-16(12-10-15)22-13-7-6-8-17(22)23/h9-12H,4-8,13-14H2,1-3H3. The Bertz CT molecular complexity index is 623. The minimum atomic E-state index is -0.197. The number of likely N-dealkylation sites (N-methyl/N-ethyl adjacent to an activating group) is 2. The van der Waals surface area contributed by atoms with Crippen LogP contribution in [0.1, 0.15) is 43.5 Å². The summed E-state index contributed by atoms with van der Waals surface area (Å²) in [5.41, 5.74) is 1.34. The van der Waals surface area contributed by atoms with Crippen LogP contribution in [0, 0.1) is 0 Å². The number of anilines is 1. The van der Waals surface area contributed by atoms with Gasteiger partial charge in [0.1, 0.15) is 0 Å². The lowest BCUT2D eigenvalue weighted by molar-refractivity contribution is -0.131. The predicted octanol–water partition coefficient (Wildman–Crippen LogP) is 2.14. The van der Waals surface area contributed by atoms with Crippen LogP contribution in [0.3, 0.4) is 0 Å². The SMILES string of the molecule is CCN(CC)C(=O)CN(C)C(=O)c1ccc(N2CCCCC2=O)cc1. The van der Waals surface area contributed by atoms with Crippen molar-refractivity contribution in [2.45, 2.75) is 33.1 Å². The highest BCUT2D eigenvalue weighted by molar-refractivity contribution is 5.98. The molecule has 0 spiro atoms. The molecule has 1 saturated heterocycles. The number of rotatable bonds is 6. The molecule has 0 saturated carbocycles. The number of hydrogen-bond donors (Lipinski definition) is 0. The maximum atomic E-state index is 12.5. The highest BCUT2D eigenvalue weighted by atomic mass is 16.2. The summed E-state index contributed by atoms with van der Waals surface area (Å²) in [7, 11) is 1.63. The van der Waals surface area contributed by atoms with E-state index in [0.717, 1.165) is 25.1 Å². The van der Waals surface area contributed by atoms with Crippen LogP contribution in [0.15, 0.2) is 24.3 Å². The fourth-order valence-corrected chi connectivity index (χ4v) is 3.03. The molecule has 0 aliphatic carbocycles. The second-order valence-corrected chi connectivity index (χ2v) is 6.28. The Morgan fingerprint density at radius 2 is 1.72 bits per heavy atom. The maximum Gasteiger partial charge on any atom is 0.254 e. The second kappa shape index (κ2) is 8.65. The molecule has 2 rings (SSSR count). The first-order chi connectivity index (χ1) is 12.0. The normalized spacial score (nSPS) is 14.4. The van der Waals surface area contributed by atoms with E-state index in [4.69, 9.17) is 0 Å². The lowest BCUT2D eigenvalue weighted by atomic mass is 10.1. The number of carbonyl (C=O) groups excluding carboxylic acids is 3. The van der Waals surface area contributed by atoms with Gasteiger partial charge in [-0.2, -0.15) is 0 Å². The molecule has 136 valence electrons. The second-order valence-electron chi connectivity index (χ2n) is 6.28. The van der Waals surface area contributed by atoms with Crippen molar-refractivity contribution in [2.24, 2.45) is 0 Å². The number of hydrogen-bond acceptors (Lipinski definition) is 3. The molecule has 1 aromatic rings. The van der Waals surface area contributed by atoms with Gasteiger partial charge in [-0.05, 0) is 51.0 Å². The number of benzene rings is 1. The molecule has 1 fully saturated rings. The van der Waals surface area contributed by atoms with Gasteiger partial charge < -0.3 is 14.7 Å². The maximum absolute atomic E-state index is 12.5. The summed E-state index contributed by atoms with van der Waals surface area (Å²) in [6.45, 7) is 5.90. The molecule has 1 aliphatic rings. The van der Waals surface area contributed by atoms with Crippen molar-refractivity contribution in [2.75, 3.05) is 38.1 Å². The molecule has 0 unspecified atom stereocenters. The van der Waals surface area contributed by atoms with E-state index in [9.17, 15) is 14.4 Å². The van der Waals surface area contributed by atoms with Crippen molar-refractivity contribution in [3.05, 3.63) is 29.8 Å². The van der Waals surface area contributed by atoms with Crippen LogP contribution in [0.25, 0.3) is 0 Å². The fourth-order valence-electron chi connectivity index (χ4n) is 3.03. The van der Waals surface area contributed by atoms with Crippen LogP contribution in [-0.2, 0) is 9.59 Å². The third kappa shape index (κ3) is 4.59. The Morgan fingerprint density at radius 1 is 1.08 bits per heavy atom. The molecule has 1 aliphatic heterocycles. The molecule has 0 radical (unpaired) electrons. The average Bonchev–Trinajstić information content (AvgIpc) is 2.62. The fraction of sp³-hybridized carbons (Fsp3) is 0.526. The van der Waals surface area contributed by atoms with Gasteiger partial charge in [-0.3, -0.25) is 14.4 Å². The number of piperidine rings is 1. The third-order valence-corrected chi connectivity index (χ3v) is 4.58. The molecule has 0 atom stereocenters. The first-order valence-corrected chi connectivity index (χ1v) is 8.91. The van der Waals surface area contributed by atoms with E-state index in [-0.39, 0.29) is 24.3 Å². The van der Waals surface area contributed by atoms with Crippen molar-refractivity contribution in [1.29, 1.82) is 0 Å². The summed E-state index contributed by atoms with van der Waals surface area (Å²) in [5, 5.41) is 0. The lowest BCUT2D eigenvalue weighted by Gasteiger charge is -2.27. The van der Waals surface area contributed by atoms with E-state index >= 15 is 0 Å². The summed E-state index contributed by atoms with van der Waals surface area (Å²) < 4.78 is 0. The monoisotopic (exact) mass is 345 g/mol. The van der Waals surface area contributed by atoms with Gasteiger partial charge in [-0.1, -0.05) is 0 Å². The van der Waals surface area contributed by atoms with Gasteiger partial charge in [0, 0.05) is 44.4 Å². The molecule has 25 heavy (non-hydrogen) atoms. The van der Waals surface area contributed by atoms with Crippen molar-refractivity contribution in [3.63, 3.8) is 0 Å². The van der Waals surface area contributed by atoms with Crippen molar-refractivity contribution < 1.29 is 14.4 Å². The summed E-state index contributed by atoms with van der Waals surface area (Å²) in [5.74, 6) is -0.124.